The summed E-state index contributed by atoms with van der Waals surface area (Å²) in [6, 6.07) is 4.45. The summed E-state index contributed by atoms with van der Waals surface area (Å²) in [6.45, 7) is 3.70. The summed E-state index contributed by atoms with van der Waals surface area (Å²) < 4.78 is 0.989. The SMILES string of the molecule is CCCC1NC(=O)C(C)N(c2ccc(I)cc2Cl)C1=O. The maximum atomic E-state index is 12.6. The third kappa shape index (κ3) is 2.93. The number of rotatable bonds is 3. The largest absolute Gasteiger partial charge is 0.342 e. The molecule has 6 heteroatoms. The fourth-order valence-corrected chi connectivity index (χ4v) is 3.27. The Hall–Kier alpha value is -0.820. The summed E-state index contributed by atoms with van der Waals surface area (Å²) in [6.07, 6.45) is 1.47. The van der Waals surface area contributed by atoms with Crippen LogP contribution in [0, 0.1) is 3.57 Å². The van der Waals surface area contributed by atoms with Crippen LogP contribution in [0.4, 0.5) is 5.69 Å². The molecule has 0 bridgehead atoms. The van der Waals surface area contributed by atoms with E-state index in [1.165, 1.54) is 4.90 Å². The number of hydrogen-bond acceptors (Lipinski definition) is 2. The normalized spacial score (nSPS) is 22.9. The molecule has 0 aliphatic carbocycles. The van der Waals surface area contributed by atoms with Crippen LogP contribution in [-0.2, 0) is 9.59 Å². The van der Waals surface area contributed by atoms with Crippen molar-refractivity contribution in [3.63, 3.8) is 0 Å². The molecule has 1 aromatic rings. The molecular formula is C14H16ClIN2O2. The first-order valence-corrected chi connectivity index (χ1v) is 8.00. The second kappa shape index (κ2) is 6.30. The van der Waals surface area contributed by atoms with Crippen molar-refractivity contribution >= 4 is 51.7 Å². The van der Waals surface area contributed by atoms with Crippen LogP contribution in [0.3, 0.4) is 0 Å². The fourth-order valence-electron chi connectivity index (χ4n) is 2.32. The monoisotopic (exact) mass is 406 g/mol. The molecule has 1 saturated heterocycles. The number of amides is 2. The van der Waals surface area contributed by atoms with Crippen molar-refractivity contribution in [2.45, 2.75) is 38.8 Å². The molecule has 2 atom stereocenters. The molecule has 20 heavy (non-hydrogen) atoms. The highest BCUT2D eigenvalue weighted by Crippen LogP contribution is 2.31. The second-order valence-electron chi connectivity index (χ2n) is 4.83. The summed E-state index contributed by atoms with van der Waals surface area (Å²) in [5, 5.41) is 3.26. The zero-order valence-corrected chi connectivity index (χ0v) is 14.2. The molecule has 1 aliphatic rings. The number of hydrogen-bond donors (Lipinski definition) is 1. The first-order valence-electron chi connectivity index (χ1n) is 6.54. The summed E-state index contributed by atoms with van der Waals surface area (Å²) in [5.74, 6) is -0.236. The molecule has 0 spiro atoms. The van der Waals surface area contributed by atoms with Crippen LogP contribution in [0.25, 0.3) is 0 Å². The predicted molar refractivity (Wildman–Crippen MR) is 88.0 cm³/mol. The summed E-state index contributed by atoms with van der Waals surface area (Å²) >= 11 is 8.39. The Bertz CT molecular complexity index is 550. The lowest BCUT2D eigenvalue weighted by Gasteiger charge is -2.37. The number of carbonyl (C=O) groups excluding carboxylic acids is 2. The van der Waals surface area contributed by atoms with Gasteiger partial charge in [-0.2, -0.15) is 0 Å². The van der Waals surface area contributed by atoms with Crippen LogP contribution < -0.4 is 10.2 Å². The minimum atomic E-state index is -0.548. The van der Waals surface area contributed by atoms with Gasteiger partial charge in [0, 0.05) is 3.57 Å². The van der Waals surface area contributed by atoms with E-state index >= 15 is 0 Å². The molecule has 0 saturated carbocycles. The third-order valence-electron chi connectivity index (χ3n) is 3.37. The van der Waals surface area contributed by atoms with Gasteiger partial charge in [-0.1, -0.05) is 24.9 Å². The average Bonchev–Trinajstić information content (AvgIpc) is 2.39. The van der Waals surface area contributed by atoms with Gasteiger partial charge in [-0.3, -0.25) is 14.5 Å². The standard InChI is InChI=1S/C14H16ClIN2O2/c1-3-4-11-14(20)18(8(2)13(19)17-11)12-6-5-9(16)7-10(12)15/h5-8,11H,3-4H2,1-2H3,(H,17,19). The number of halogens is 2. The van der Waals surface area contributed by atoms with Crippen molar-refractivity contribution in [1.82, 2.24) is 5.32 Å². The molecule has 2 unspecified atom stereocenters. The van der Waals surface area contributed by atoms with Gasteiger partial charge in [-0.25, -0.2) is 0 Å². The van der Waals surface area contributed by atoms with Gasteiger partial charge in [-0.05, 0) is 54.1 Å². The number of benzene rings is 1. The van der Waals surface area contributed by atoms with Gasteiger partial charge in [0.2, 0.25) is 11.8 Å². The highest BCUT2D eigenvalue weighted by atomic mass is 127. The Kier molecular flexibility index (Phi) is 4.90. The smallest absolute Gasteiger partial charge is 0.250 e. The van der Waals surface area contributed by atoms with Gasteiger partial charge in [0.05, 0.1) is 10.7 Å². The lowest BCUT2D eigenvalue weighted by molar-refractivity contribution is -0.133. The Balaban J connectivity index is 2.40. The number of nitrogens with zero attached hydrogens (tertiary/aromatic N) is 1. The van der Waals surface area contributed by atoms with E-state index in [0.29, 0.717) is 17.1 Å². The zero-order chi connectivity index (χ0) is 14.9. The number of carbonyl (C=O) groups is 2. The van der Waals surface area contributed by atoms with E-state index in [1.807, 2.05) is 13.0 Å². The Labute approximate surface area is 137 Å². The quantitative estimate of drug-likeness (QED) is 0.785. The molecule has 2 amide bonds. The van der Waals surface area contributed by atoms with Crippen LogP contribution in [0.15, 0.2) is 18.2 Å². The molecule has 0 radical (unpaired) electrons. The Morgan fingerprint density at radius 3 is 2.70 bits per heavy atom. The Morgan fingerprint density at radius 2 is 2.10 bits per heavy atom. The molecule has 1 N–H and O–H groups in total. The van der Waals surface area contributed by atoms with E-state index in [0.717, 1.165) is 9.99 Å². The van der Waals surface area contributed by atoms with Crippen molar-refractivity contribution < 1.29 is 9.59 Å². The maximum Gasteiger partial charge on any atom is 0.250 e. The number of anilines is 1. The van der Waals surface area contributed by atoms with Crippen LogP contribution in [-0.4, -0.2) is 23.9 Å². The second-order valence-corrected chi connectivity index (χ2v) is 6.48. The summed E-state index contributed by atoms with van der Waals surface area (Å²) in [7, 11) is 0. The van der Waals surface area contributed by atoms with E-state index in [4.69, 9.17) is 11.6 Å². The van der Waals surface area contributed by atoms with Crippen molar-refractivity contribution in [3.8, 4) is 0 Å². The number of piperazine rings is 1. The number of nitrogens with one attached hydrogen (secondary N) is 1. The van der Waals surface area contributed by atoms with Crippen molar-refractivity contribution in [2.24, 2.45) is 0 Å². The molecule has 1 aliphatic heterocycles. The third-order valence-corrected chi connectivity index (χ3v) is 4.34. The van der Waals surface area contributed by atoms with Crippen LogP contribution in [0.2, 0.25) is 5.02 Å². The van der Waals surface area contributed by atoms with Crippen molar-refractivity contribution in [1.29, 1.82) is 0 Å². The summed E-state index contributed by atoms with van der Waals surface area (Å²) in [5.41, 5.74) is 0.598. The lowest BCUT2D eigenvalue weighted by Crippen LogP contribution is -2.62. The topological polar surface area (TPSA) is 49.4 Å². The molecule has 0 aromatic heterocycles. The van der Waals surface area contributed by atoms with Crippen LogP contribution in [0.1, 0.15) is 26.7 Å². The van der Waals surface area contributed by atoms with E-state index in [9.17, 15) is 9.59 Å². The van der Waals surface area contributed by atoms with E-state index in [2.05, 4.69) is 27.9 Å². The average molecular weight is 407 g/mol. The Morgan fingerprint density at radius 1 is 1.40 bits per heavy atom. The van der Waals surface area contributed by atoms with E-state index < -0.39 is 12.1 Å². The van der Waals surface area contributed by atoms with Crippen molar-refractivity contribution in [3.05, 3.63) is 26.8 Å². The van der Waals surface area contributed by atoms with Gasteiger partial charge in [0.25, 0.3) is 0 Å². The van der Waals surface area contributed by atoms with Gasteiger partial charge < -0.3 is 5.32 Å². The van der Waals surface area contributed by atoms with Gasteiger partial charge in [0.1, 0.15) is 12.1 Å². The highest BCUT2D eigenvalue weighted by Gasteiger charge is 2.39. The first-order chi connectivity index (χ1) is 9.45. The van der Waals surface area contributed by atoms with Crippen molar-refractivity contribution in [2.75, 3.05) is 4.90 Å². The highest BCUT2D eigenvalue weighted by molar-refractivity contribution is 14.1. The fraction of sp³-hybridized carbons (Fsp3) is 0.429. The zero-order valence-electron chi connectivity index (χ0n) is 11.3. The van der Waals surface area contributed by atoms with Gasteiger partial charge in [0.15, 0.2) is 0 Å². The van der Waals surface area contributed by atoms with E-state index in [1.54, 1.807) is 19.1 Å². The molecule has 1 aromatic carbocycles. The molecule has 108 valence electrons. The lowest BCUT2D eigenvalue weighted by atomic mass is 10.0. The maximum absolute atomic E-state index is 12.6. The first kappa shape index (κ1) is 15.6. The van der Waals surface area contributed by atoms with Gasteiger partial charge in [-0.15, -0.1) is 0 Å². The molecular weight excluding hydrogens is 391 g/mol. The van der Waals surface area contributed by atoms with Gasteiger partial charge >= 0.3 is 0 Å². The minimum absolute atomic E-state index is 0.0953. The van der Waals surface area contributed by atoms with Crippen LogP contribution in [0.5, 0.6) is 0 Å². The minimum Gasteiger partial charge on any atom is -0.342 e. The molecule has 4 nitrogen and oxygen atoms in total. The predicted octanol–water partition coefficient (Wildman–Crippen LogP) is 2.96. The van der Waals surface area contributed by atoms with Crippen LogP contribution >= 0.6 is 34.2 Å². The van der Waals surface area contributed by atoms with E-state index in [-0.39, 0.29) is 11.8 Å². The molecule has 2 rings (SSSR count). The molecule has 1 fully saturated rings. The summed E-state index contributed by atoms with van der Waals surface area (Å²) in [4.78, 5) is 26.1. The molecule has 1 heterocycles.